The van der Waals surface area contributed by atoms with Crippen LogP contribution in [-0.4, -0.2) is 4.98 Å². The highest BCUT2D eigenvalue weighted by Gasteiger charge is 2.30. The van der Waals surface area contributed by atoms with Gasteiger partial charge < -0.3 is 10.7 Å². The van der Waals surface area contributed by atoms with Gasteiger partial charge in [0.2, 0.25) is 0 Å². The van der Waals surface area contributed by atoms with Gasteiger partial charge in [-0.3, -0.25) is 0 Å². The zero-order valence-electron chi connectivity index (χ0n) is 8.33. The van der Waals surface area contributed by atoms with Gasteiger partial charge in [-0.1, -0.05) is 0 Å². The van der Waals surface area contributed by atoms with E-state index in [0.717, 1.165) is 16.5 Å². The smallest absolute Gasteiger partial charge is 0.125 e. The summed E-state index contributed by atoms with van der Waals surface area (Å²) in [5, 5.41) is 1.05. The van der Waals surface area contributed by atoms with E-state index in [2.05, 4.69) is 4.98 Å². The fraction of sp³-hybridized carbons (Fsp3) is 0.333. The Labute approximate surface area is 87.3 Å². The van der Waals surface area contributed by atoms with Crippen LogP contribution >= 0.6 is 0 Å². The average Bonchev–Trinajstić information content (AvgIpc) is 2.98. The van der Waals surface area contributed by atoms with E-state index in [1.54, 1.807) is 6.07 Å². The maximum atomic E-state index is 13.0. The summed E-state index contributed by atoms with van der Waals surface area (Å²) in [7, 11) is 0. The van der Waals surface area contributed by atoms with E-state index in [1.807, 2.05) is 6.20 Å². The Balaban J connectivity index is 2.10. The van der Waals surface area contributed by atoms with Crippen molar-refractivity contribution in [1.29, 1.82) is 0 Å². The molecule has 1 aromatic heterocycles. The molecular weight excluding hydrogens is 191 g/mol. The highest BCUT2D eigenvalue weighted by Crippen LogP contribution is 2.41. The molecular formula is C12H13FN2. The molecule has 78 valence electrons. The number of benzene rings is 1. The standard InChI is InChI=1S/C12H13FN2/c13-8-3-4-9-10(6-15-11(9)5-8)12(14)7-1-2-7/h3-7,12,15H,1-2,14H2. The Morgan fingerprint density at radius 2 is 2.20 bits per heavy atom. The largest absolute Gasteiger partial charge is 0.361 e. The van der Waals surface area contributed by atoms with Crippen LogP contribution < -0.4 is 5.73 Å². The lowest BCUT2D eigenvalue weighted by atomic mass is 10.0. The number of hydrogen-bond donors (Lipinski definition) is 2. The summed E-state index contributed by atoms with van der Waals surface area (Å²) in [4.78, 5) is 3.07. The summed E-state index contributed by atoms with van der Waals surface area (Å²) in [6, 6.07) is 4.90. The molecule has 1 aliphatic rings. The lowest BCUT2D eigenvalue weighted by Gasteiger charge is -2.08. The van der Waals surface area contributed by atoms with E-state index in [0.29, 0.717) is 5.92 Å². The normalized spacial score (nSPS) is 18.3. The SMILES string of the molecule is NC(c1c[nH]c2cc(F)ccc12)C1CC1. The molecule has 1 aliphatic carbocycles. The second-order valence-corrected chi connectivity index (χ2v) is 4.30. The third-order valence-corrected chi connectivity index (χ3v) is 3.16. The maximum absolute atomic E-state index is 13.0. The fourth-order valence-corrected chi connectivity index (χ4v) is 2.11. The molecule has 1 fully saturated rings. The van der Waals surface area contributed by atoms with Crippen molar-refractivity contribution in [3.05, 3.63) is 35.8 Å². The van der Waals surface area contributed by atoms with Crippen LogP contribution in [0.25, 0.3) is 10.9 Å². The van der Waals surface area contributed by atoms with Gasteiger partial charge in [-0.05, 0) is 42.5 Å². The van der Waals surface area contributed by atoms with Crippen LogP contribution in [0.2, 0.25) is 0 Å². The first-order chi connectivity index (χ1) is 7.25. The van der Waals surface area contributed by atoms with E-state index in [4.69, 9.17) is 5.73 Å². The molecule has 2 aromatic rings. The van der Waals surface area contributed by atoms with Crippen LogP contribution in [0.5, 0.6) is 0 Å². The van der Waals surface area contributed by atoms with E-state index >= 15 is 0 Å². The Hall–Kier alpha value is -1.35. The summed E-state index contributed by atoms with van der Waals surface area (Å²) < 4.78 is 13.0. The second-order valence-electron chi connectivity index (χ2n) is 4.30. The van der Waals surface area contributed by atoms with Crippen molar-refractivity contribution in [2.24, 2.45) is 11.7 Å². The number of halogens is 1. The van der Waals surface area contributed by atoms with Crippen molar-refractivity contribution in [3.8, 4) is 0 Å². The molecule has 3 N–H and O–H groups in total. The Bertz CT molecular complexity index is 499. The molecule has 0 radical (unpaired) electrons. The second kappa shape index (κ2) is 3.07. The lowest BCUT2D eigenvalue weighted by molar-refractivity contribution is 0.629. The van der Waals surface area contributed by atoms with Crippen LogP contribution in [0.1, 0.15) is 24.4 Å². The van der Waals surface area contributed by atoms with Gasteiger partial charge in [0.1, 0.15) is 5.82 Å². The number of rotatable bonds is 2. The van der Waals surface area contributed by atoms with Crippen molar-refractivity contribution in [2.45, 2.75) is 18.9 Å². The first-order valence-corrected chi connectivity index (χ1v) is 5.28. The maximum Gasteiger partial charge on any atom is 0.125 e. The molecule has 1 saturated carbocycles. The van der Waals surface area contributed by atoms with Crippen molar-refractivity contribution in [1.82, 2.24) is 4.98 Å². The predicted octanol–water partition coefficient (Wildman–Crippen LogP) is 2.72. The number of nitrogens with one attached hydrogen (secondary N) is 1. The van der Waals surface area contributed by atoms with E-state index in [-0.39, 0.29) is 11.9 Å². The Morgan fingerprint density at radius 1 is 1.40 bits per heavy atom. The van der Waals surface area contributed by atoms with Crippen LogP contribution in [0.3, 0.4) is 0 Å². The van der Waals surface area contributed by atoms with Crippen molar-refractivity contribution >= 4 is 10.9 Å². The van der Waals surface area contributed by atoms with Gasteiger partial charge in [0.15, 0.2) is 0 Å². The van der Waals surface area contributed by atoms with E-state index in [1.165, 1.54) is 25.0 Å². The zero-order valence-corrected chi connectivity index (χ0v) is 8.33. The third-order valence-electron chi connectivity index (χ3n) is 3.16. The van der Waals surface area contributed by atoms with Gasteiger partial charge in [0.05, 0.1) is 0 Å². The van der Waals surface area contributed by atoms with Gasteiger partial charge in [-0.15, -0.1) is 0 Å². The molecule has 3 rings (SSSR count). The van der Waals surface area contributed by atoms with Gasteiger partial charge in [-0.2, -0.15) is 0 Å². The minimum absolute atomic E-state index is 0.101. The Kier molecular flexibility index (Phi) is 1.83. The van der Waals surface area contributed by atoms with Crippen LogP contribution in [0.4, 0.5) is 4.39 Å². The molecule has 1 atom stereocenters. The topological polar surface area (TPSA) is 41.8 Å². The van der Waals surface area contributed by atoms with Crippen molar-refractivity contribution < 1.29 is 4.39 Å². The van der Waals surface area contributed by atoms with Gasteiger partial charge >= 0.3 is 0 Å². The van der Waals surface area contributed by atoms with E-state index in [9.17, 15) is 4.39 Å². The summed E-state index contributed by atoms with van der Waals surface area (Å²) in [6.45, 7) is 0. The average molecular weight is 204 g/mol. The first-order valence-electron chi connectivity index (χ1n) is 5.28. The quantitative estimate of drug-likeness (QED) is 0.776. The molecule has 0 amide bonds. The lowest BCUT2D eigenvalue weighted by Crippen LogP contribution is -2.11. The Morgan fingerprint density at radius 3 is 2.93 bits per heavy atom. The number of H-pyrrole nitrogens is 1. The van der Waals surface area contributed by atoms with Crippen molar-refractivity contribution in [2.75, 3.05) is 0 Å². The highest BCUT2D eigenvalue weighted by molar-refractivity contribution is 5.83. The minimum Gasteiger partial charge on any atom is -0.361 e. The summed E-state index contributed by atoms with van der Waals surface area (Å²) in [6.07, 6.45) is 4.34. The molecule has 15 heavy (non-hydrogen) atoms. The summed E-state index contributed by atoms with van der Waals surface area (Å²) in [5.41, 5.74) is 8.09. The van der Waals surface area contributed by atoms with Gasteiger partial charge in [0.25, 0.3) is 0 Å². The zero-order chi connectivity index (χ0) is 10.4. The van der Waals surface area contributed by atoms with Crippen LogP contribution in [-0.2, 0) is 0 Å². The highest BCUT2D eigenvalue weighted by atomic mass is 19.1. The van der Waals surface area contributed by atoms with Crippen LogP contribution in [0.15, 0.2) is 24.4 Å². The third kappa shape index (κ3) is 1.43. The van der Waals surface area contributed by atoms with E-state index < -0.39 is 0 Å². The number of aromatic nitrogens is 1. The minimum atomic E-state index is -0.212. The summed E-state index contributed by atoms with van der Waals surface area (Å²) >= 11 is 0. The molecule has 2 nitrogen and oxygen atoms in total. The summed E-state index contributed by atoms with van der Waals surface area (Å²) in [5.74, 6) is 0.407. The molecule has 1 unspecified atom stereocenters. The van der Waals surface area contributed by atoms with Gasteiger partial charge in [-0.25, -0.2) is 4.39 Å². The number of fused-ring (bicyclic) bond motifs is 1. The number of hydrogen-bond acceptors (Lipinski definition) is 1. The molecule has 1 aromatic carbocycles. The molecule has 0 saturated heterocycles. The molecule has 3 heteroatoms. The molecule has 0 bridgehead atoms. The number of aromatic amines is 1. The predicted molar refractivity (Wildman–Crippen MR) is 57.9 cm³/mol. The monoisotopic (exact) mass is 204 g/mol. The molecule has 0 aliphatic heterocycles. The molecule has 0 spiro atoms. The molecule has 1 heterocycles. The fourth-order valence-electron chi connectivity index (χ4n) is 2.11. The van der Waals surface area contributed by atoms with Crippen molar-refractivity contribution in [3.63, 3.8) is 0 Å². The number of nitrogens with two attached hydrogens (primary N) is 1. The van der Waals surface area contributed by atoms with Crippen LogP contribution in [0, 0.1) is 11.7 Å². The first kappa shape index (κ1) is 8.92. The van der Waals surface area contributed by atoms with Gasteiger partial charge in [0, 0.05) is 23.1 Å².